The average Bonchev–Trinajstić information content (AvgIpc) is 3.18. The summed E-state index contributed by atoms with van der Waals surface area (Å²) in [4.78, 5) is 8.63. The zero-order valence-corrected chi connectivity index (χ0v) is 12.4. The molecule has 0 atom stereocenters. The third-order valence-electron chi connectivity index (χ3n) is 3.67. The van der Waals surface area contributed by atoms with Crippen LogP contribution in [0.25, 0.3) is 0 Å². The summed E-state index contributed by atoms with van der Waals surface area (Å²) in [5.41, 5.74) is 2.64. The number of halogens is 1. The standard InChI is InChI=1S/C15H16BrN3/c1-11-5-8-17-14(19-11)18-10-15(6-7-15)12-3-2-4-13(16)9-12/h2-5,8-9H,6-7,10H2,1H3,(H,17,18,19). The highest BCUT2D eigenvalue weighted by molar-refractivity contribution is 9.10. The minimum absolute atomic E-state index is 0.261. The van der Waals surface area contributed by atoms with E-state index in [-0.39, 0.29) is 5.41 Å². The van der Waals surface area contributed by atoms with E-state index in [2.05, 4.69) is 55.5 Å². The highest BCUT2D eigenvalue weighted by atomic mass is 79.9. The molecular weight excluding hydrogens is 302 g/mol. The maximum Gasteiger partial charge on any atom is 0.222 e. The number of rotatable bonds is 4. The van der Waals surface area contributed by atoms with Gasteiger partial charge in [0.2, 0.25) is 5.95 Å². The molecule has 1 heterocycles. The van der Waals surface area contributed by atoms with Crippen LogP contribution in [0, 0.1) is 6.92 Å². The molecule has 0 unspecified atom stereocenters. The Kier molecular flexibility index (Phi) is 3.27. The van der Waals surface area contributed by atoms with Gasteiger partial charge >= 0.3 is 0 Å². The lowest BCUT2D eigenvalue weighted by Crippen LogP contribution is -2.20. The van der Waals surface area contributed by atoms with E-state index in [9.17, 15) is 0 Å². The SMILES string of the molecule is Cc1ccnc(NCC2(c3cccc(Br)c3)CC2)n1. The van der Waals surface area contributed by atoms with Gasteiger partial charge in [0.15, 0.2) is 0 Å². The molecule has 1 fully saturated rings. The Morgan fingerprint density at radius 1 is 1.32 bits per heavy atom. The highest BCUT2D eigenvalue weighted by Gasteiger charge is 2.44. The Morgan fingerprint density at radius 3 is 2.84 bits per heavy atom. The third kappa shape index (κ3) is 2.78. The molecular formula is C15H16BrN3. The quantitative estimate of drug-likeness (QED) is 0.934. The molecule has 0 bridgehead atoms. The molecule has 0 amide bonds. The fraction of sp³-hybridized carbons (Fsp3) is 0.333. The van der Waals surface area contributed by atoms with E-state index in [1.54, 1.807) is 6.20 Å². The summed E-state index contributed by atoms with van der Waals surface area (Å²) in [6.07, 6.45) is 4.24. The molecule has 0 radical (unpaired) electrons. The van der Waals surface area contributed by atoms with Crippen molar-refractivity contribution in [1.82, 2.24) is 9.97 Å². The highest BCUT2D eigenvalue weighted by Crippen LogP contribution is 2.48. The Hall–Kier alpha value is -1.42. The molecule has 1 aliphatic carbocycles. The minimum atomic E-state index is 0.261. The number of aryl methyl sites for hydroxylation is 1. The van der Waals surface area contributed by atoms with E-state index in [1.807, 2.05) is 13.0 Å². The smallest absolute Gasteiger partial charge is 0.222 e. The topological polar surface area (TPSA) is 37.8 Å². The normalized spacial score (nSPS) is 16.1. The first-order valence-corrected chi connectivity index (χ1v) is 7.27. The fourth-order valence-electron chi connectivity index (χ4n) is 2.32. The molecule has 1 aromatic carbocycles. The summed E-state index contributed by atoms with van der Waals surface area (Å²) in [7, 11) is 0. The van der Waals surface area contributed by atoms with Crippen LogP contribution in [0.5, 0.6) is 0 Å². The average molecular weight is 318 g/mol. The lowest BCUT2D eigenvalue weighted by molar-refractivity contribution is 0.726. The van der Waals surface area contributed by atoms with Gasteiger partial charge in [0.1, 0.15) is 0 Å². The maximum atomic E-state index is 4.38. The molecule has 0 aliphatic heterocycles. The molecule has 0 spiro atoms. The minimum Gasteiger partial charge on any atom is -0.353 e. The van der Waals surface area contributed by atoms with Crippen LogP contribution in [-0.2, 0) is 5.41 Å². The van der Waals surface area contributed by atoms with E-state index >= 15 is 0 Å². The number of hydrogen-bond acceptors (Lipinski definition) is 3. The predicted octanol–water partition coefficient (Wildman–Crippen LogP) is 3.69. The first-order valence-electron chi connectivity index (χ1n) is 6.48. The van der Waals surface area contributed by atoms with Gasteiger partial charge in [-0.25, -0.2) is 9.97 Å². The van der Waals surface area contributed by atoms with Crippen LogP contribution in [0.2, 0.25) is 0 Å². The molecule has 0 saturated heterocycles. The van der Waals surface area contributed by atoms with Gasteiger partial charge in [0.05, 0.1) is 0 Å². The fourth-order valence-corrected chi connectivity index (χ4v) is 2.72. The van der Waals surface area contributed by atoms with Gasteiger partial charge < -0.3 is 5.32 Å². The van der Waals surface area contributed by atoms with Crippen LogP contribution in [0.4, 0.5) is 5.95 Å². The van der Waals surface area contributed by atoms with Crippen molar-refractivity contribution in [3.05, 3.63) is 52.3 Å². The summed E-state index contributed by atoms with van der Waals surface area (Å²) < 4.78 is 1.14. The van der Waals surface area contributed by atoms with E-state index in [4.69, 9.17) is 0 Å². The summed E-state index contributed by atoms with van der Waals surface area (Å²) >= 11 is 3.54. The molecule has 4 heteroatoms. The molecule has 1 N–H and O–H groups in total. The number of nitrogens with one attached hydrogen (secondary N) is 1. The zero-order chi connectivity index (χ0) is 13.3. The second-order valence-electron chi connectivity index (χ2n) is 5.17. The van der Waals surface area contributed by atoms with Crippen molar-refractivity contribution in [2.75, 3.05) is 11.9 Å². The van der Waals surface area contributed by atoms with E-state index in [1.165, 1.54) is 18.4 Å². The Morgan fingerprint density at radius 2 is 2.16 bits per heavy atom. The van der Waals surface area contributed by atoms with Crippen LogP contribution in [0.3, 0.4) is 0 Å². The van der Waals surface area contributed by atoms with Crippen molar-refractivity contribution in [2.24, 2.45) is 0 Å². The van der Waals surface area contributed by atoms with Crippen molar-refractivity contribution in [2.45, 2.75) is 25.2 Å². The van der Waals surface area contributed by atoms with E-state index in [0.717, 1.165) is 22.7 Å². The number of anilines is 1. The number of hydrogen-bond donors (Lipinski definition) is 1. The lowest BCUT2D eigenvalue weighted by Gasteiger charge is -2.17. The van der Waals surface area contributed by atoms with Gasteiger partial charge in [-0.2, -0.15) is 0 Å². The maximum absolute atomic E-state index is 4.38. The van der Waals surface area contributed by atoms with Crippen molar-refractivity contribution in [3.63, 3.8) is 0 Å². The van der Waals surface area contributed by atoms with Gasteiger partial charge in [-0.15, -0.1) is 0 Å². The molecule has 19 heavy (non-hydrogen) atoms. The first kappa shape index (κ1) is 12.6. The Labute approximate surface area is 121 Å². The largest absolute Gasteiger partial charge is 0.353 e. The molecule has 3 nitrogen and oxygen atoms in total. The van der Waals surface area contributed by atoms with Crippen LogP contribution in [-0.4, -0.2) is 16.5 Å². The molecule has 98 valence electrons. The van der Waals surface area contributed by atoms with Crippen molar-refractivity contribution in [1.29, 1.82) is 0 Å². The van der Waals surface area contributed by atoms with Gasteiger partial charge in [-0.3, -0.25) is 0 Å². The van der Waals surface area contributed by atoms with E-state index < -0.39 is 0 Å². The monoisotopic (exact) mass is 317 g/mol. The molecule has 1 saturated carbocycles. The third-order valence-corrected chi connectivity index (χ3v) is 4.16. The number of nitrogens with zero attached hydrogens (tertiary/aromatic N) is 2. The summed E-state index contributed by atoms with van der Waals surface area (Å²) in [6, 6.07) is 10.5. The molecule has 2 aromatic rings. The second-order valence-corrected chi connectivity index (χ2v) is 6.08. The predicted molar refractivity (Wildman–Crippen MR) is 80.3 cm³/mol. The van der Waals surface area contributed by atoms with Crippen molar-refractivity contribution >= 4 is 21.9 Å². The lowest BCUT2D eigenvalue weighted by atomic mass is 9.96. The zero-order valence-electron chi connectivity index (χ0n) is 10.9. The Bertz CT molecular complexity index is 593. The number of aromatic nitrogens is 2. The summed E-state index contributed by atoms with van der Waals surface area (Å²) in [5.74, 6) is 0.723. The number of benzene rings is 1. The van der Waals surface area contributed by atoms with Crippen LogP contribution >= 0.6 is 15.9 Å². The van der Waals surface area contributed by atoms with Gasteiger partial charge in [0, 0.05) is 28.3 Å². The van der Waals surface area contributed by atoms with Crippen LogP contribution < -0.4 is 5.32 Å². The molecule has 3 rings (SSSR count). The molecule has 1 aliphatic rings. The Balaban J connectivity index is 1.73. The van der Waals surface area contributed by atoms with E-state index in [0.29, 0.717) is 0 Å². The van der Waals surface area contributed by atoms with Gasteiger partial charge in [-0.1, -0.05) is 28.1 Å². The second kappa shape index (κ2) is 4.93. The first-order chi connectivity index (χ1) is 9.18. The van der Waals surface area contributed by atoms with Gasteiger partial charge in [0.25, 0.3) is 0 Å². The summed E-state index contributed by atoms with van der Waals surface area (Å²) in [5, 5.41) is 3.37. The van der Waals surface area contributed by atoms with Crippen LogP contribution in [0.15, 0.2) is 41.0 Å². The molecule has 1 aromatic heterocycles. The summed E-state index contributed by atoms with van der Waals surface area (Å²) in [6.45, 7) is 2.88. The van der Waals surface area contributed by atoms with Gasteiger partial charge in [-0.05, 0) is 43.5 Å². The van der Waals surface area contributed by atoms with Crippen molar-refractivity contribution < 1.29 is 0 Å². The van der Waals surface area contributed by atoms with Crippen molar-refractivity contribution in [3.8, 4) is 0 Å². The van der Waals surface area contributed by atoms with Crippen LogP contribution in [0.1, 0.15) is 24.1 Å².